The van der Waals surface area contributed by atoms with Gasteiger partial charge >= 0.3 is 0 Å². The Morgan fingerprint density at radius 2 is 1.96 bits per heavy atom. The Hall–Kier alpha value is -1.39. The van der Waals surface area contributed by atoms with Crippen LogP contribution in [0.3, 0.4) is 0 Å². The summed E-state index contributed by atoms with van der Waals surface area (Å²) >= 11 is 0. The third kappa shape index (κ3) is 5.05. The molecule has 1 heterocycles. The van der Waals surface area contributed by atoms with Crippen molar-refractivity contribution < 1.29 is 9.90 Å². The minimum absolute atomic E-state index is 0.0537. The SMILES string of the molecule is CC(NC(=O)C1CCCCN1C(C)C)C(O)Cc1ccccc1. The van der Waals surface area contributed by atoms with Gasteiger partial charge < -0.3 is 10.4 Å². The van der Waals surface area contributed by atoms with E-state index >= 15 is 0 Å². The van der Waals surface area contributed by atoms with Gasteiger partial charge in [-0.25, -0.2) is 0 Å². The third-order valence-electron chi connectivity index (χ3n) is 4.74. The Kier molecular flexibility index (Phi) is 6.60. The van der Waals surface area contributed by atoms with E-state index in [-0.39, 0.29) is 18.0 Å². The van der Waals surface area contributed by atoms with Crippen LogP contribution in [0.2, 0.25) is 0 Å². The smallest absolute Gasteiger partial charge is 0.237 e. The predicted octanol–water partition coefficient (Wildman–Crippen LogP) is 2.36. The Labute approximate surface area is 139 Å². The first kappa shape index (κ1) is 18.0. The quantitative estimate of drug-likeness (QED) is 0.846. The average Bonchev–Trinajstić information content (AvgIpc) is 2.55. The number of aliphatic hydroxyl groups is 1. The van der Waals surface area contributed by atoms with Gasteiger partial charge in [0.05, 0.1) is 18.2 Å². The van der Waals surface area contributed by atoms with E-state index in [1.807, 2.05) is 37.3 Å². The molecule has 1 amide bonds. The van der Waals surface area contributed by atoms with Crippen molar-refractivity contribution in [3.05, 3.63) is 35.9 Å². The molecule has 1 fully saturated rings. The molecule has 4 heteroatoms. The summed E-state index contributed by atoms with van der Waals surface area (Å²) in [6, 6.07) is 9.95. The largest absolute Gasteiger partial charge is 0.391 e. The van der Waals surface area contributed by atoms with Crippen LogP contribution < -0.4 is 5.32 Å². The molecular formula is C19H30N2O2. The van der Waals surface area contributed by atoms with Crippen LogP contribution in [0, 0.1) is 0 Å². The Bertz CT molecular complexity index is 489. The number of carbonyl (C=O) groups is 1. The molecule has 3 unspecified atom stereocenters. The lowest BCUT2D eigenvalue weighted by Gasteiger charge is -2.38. The van der Waals surface area contributed by atoms with E-state index in [2.05, 4.69) is 24.1 Å². The molecule has 128 valence electrons. The molecule has 0 aliphatic carbocycles. The summed E-state index contributed by atoms with van der Waals surface area (Å²) < 4.78 is 0. The van der Waals surface area contributed by atoms with Crippen molar-refractivity contribution in [1.82, 2.24) is 10.2 Å². The Morgan fingerprint density at radius 1 is 1.26 bits per heavy atom. The minimum atomic E-state index is -0.572. The summed E-state index contributed by atoms with van der Waals surface area (Å²) in [5, 5.41) is 13.4. The first-order chi connectivity index (χ1) is 11.0. The third-order valence-corrected chi connectivity index (χ3v) is 4.74. The van der Waals surface area contributed by atoms with Crippen molar-refractivity contribution in [2.24, 2.45) is 0 Å². The second-order valence-electron chi connectivity index (χ2n) is 6.90. The van der Waals surface area contributed by atoms with E-state index in [0.717, 1.165) is 31.4 Å². The summed E-state index contributed by atoms with van der Waals surface area (Å²) in [5.74, 6) is 0.0537. The molecule has 2 rings (SSSR count). The highest BCUT2D eigenvalue weighted by atomic mass is 16.3. The lowest BCUT2D eigenvalue weighted by atomic mass is 9.98. The van der Waals surface area contributed by atoms with Crippen LogP contribution in [0.15, 0.2) is 30.3 Å². The molecule has 0 aromatic heterocycles. The van der Waals surface area contributed by atoms with Crippen molar-refractivity contribution in [3.8, 4) is 0 Å². The van der Waals surface area contributed by atoms with Gasteiger partial charge in [0.15, 0.2) is 0 Å². The number of rotatable bonds is 6. The normalized spacial score (nSPS) is 21.9. The number of aliphatic hydroxyl groups excluding tert-OH is 1. The van der Waals surface area contributed by atoms with E-state index in [1.54, 1.807) is 0 Å². The maximum Gasteiger partial charge on any atom is 0.237 e. The summed E-state index contributed by atoms with van der Waals surface area (Å²) in [5.41, 5.74) is 1.09. The fraction of sp³-hybridized carbons (Fsp3) is 0.632. The number of hydrogen-bond acceptors (Lipinski definition) is 3. The molecule has 1 aromatic carbocycles. The first-order valence-corrected chi connectivity index (χ1v) is 8.77. The zero-order valence-corrected chi connectivity index (χ0v) is 14.5. The minimum Gasteiger partial charge on any atom is -0.391 e. The van der Waals surface area contributed by atoms with Gasteiger partial charge in [0, 0.05) is 12.5 Å². The van der Waals surface area contributed by atoms with Crippen molar-refractivity contribution >= 4 is 5.91 Å². The topological polar surface area (TPSA) is 52.6 Å². The number of nitrogens with zero attached hydrogens (tertiary/aromatic N) is 1. The summed E-state index contributed by atoms with van der Waals surface area (Å²) in [7, 11) is 0. The van der Waals surface area contributed by atoms with Gasteiger partial charge in [-0.05, 0) is 45.7 Å². The monoisotopic (exact) mass is 318 g/mol. The van der Waals surface area contributed by atoms with Crippen molar-refractivity contribution in [3.63, 3.8) is 0 Å². The van der Waals surface area contributed by atoms with Crippen LogP contribution in [-0.2, 0) is 11.2 Å². The van der Waals surface area contributed by atoms with Crippen molar-refractivity contribution in [2.75, 3.05) is 6.54 Å². The maximum absolute atomic E-state index is 12.6. The zero-order valence-electron chi connectivity index (χ0n) is 14.5. The molecule has 4 nitrogen and oxygen atoms in total. The molecule has 1 aliphatic heterocycles. The van der Waals surface area contributed by atoms with Crippen LogP contribution in [0.1, 0.15) is 45.6 Å². The number of nitrogens with one attached hydrogen (secondary N) is 1. The van der Waals surface area contributed by atoms with E-state index in [4.69, 9.17) is 0 Å². The number of benzene rings is 1. The Morgan fingerprint density at radius 3 is 2.61 bits per heavy atom. The predicted molar refractivity (Wildman–Crippen MR) is 93.2 cm³/mol. The summed E-state index contributed by atoms with van der Waals surface area (Å²) in [4.78, 5) is 14.9. The van der Waals surface area contributed by atoms with E-state index in [9.17, 15) is 9.90 Å². The van der Waals surface area contributed by atoms with E-state index in [0.29, 0.717) is 12.5 Å². The number of amides is 1. The van der Waals surface area contributed by atoms with E-state index < -0.39 is 6.10 Å². The van der Waals surface area contributed by atoms with Gasteiger partial charge in [0.2, 0.25) is 5.91 Å². The molecule has 0 spiro atoms. The fourth-order valence-electron chi connectivity index (χ4n) is 3.30. The van der Waals surface area contributed by atoms with Gasteiger partial charge in [-0.3, -0.25) is 9.69 Å². The molecular weight excluding hydrogens is 288 g/mol. The van der Waals surface area contributed by atoms with Crippen LogP contribution in [0.5, 0.6) is 0 Å². The highest BCUT2D eigenvalue weighted by Gasteiger charge is 2.31. The molecule has 1 saturated heterocycles. The number of likely N-dealkylation sites (tertiary alicyclic amines) is 1. The second kappa shape index (κ2) is 8.46. The average molecular weight is 318 g/mol. The van der Waals surface area contributed by atoms with Crippen LogP contribution in [0.25, 0.3) is 0 Å². The molecule has 23 heavy (non-hydrogen) atoms. The van der Waals surface area contributed by atoms with Crippen LogP contribution in [0.4, 0.5) is 0 Å². The number of piperidine rings is 1. The molecule has 0 saturated carbocycles. The van der Waals surface area contributed by atoms with Crippen LogP contribution >= 0.6 is 0 Å². The Balaban J connectivity index is 1.90. The highest BCUT2D eigenvalue weighted by molar-refractivity contribution is 5.82. The summed E-state index contributed by atoms with van der Waals surface area (Å²) in [6.45, 7) is 7.14. The highest BCUT2D eigenvalue weighted by Crippen LogP contribution is 2.20. The summed E-state index contributed by atoms with van der Waals surface area (Å²) in [6.07, 6.45) is 3.15. The van der Waals surface area contributed by atoms with Gasteiger partial charge in [-0.2, -0.15) is 0 Å². The first-order valence-electron chi connectivity index (χ1n) is 8.77. The lowest BCUT2D eigenvalue weighted by molar-refractivity contribution is -0.130. The molecule has 0 bridgehead atoms. The molecule has 0 radical (unpaired) electrons. The lowest BCUT2D eigenvalue weighted by Crippen LogP contribution is -2.55. The molecule has 1 aromatic rings. The standard InChI is InChI=1S/C19H30N2O2/c1-14(2)21-12-8-7-11-17(21)19(23)20-15(3)18(22)13-16-9-5-4-6-10-16/h4-6,9-10,14-15,17-18,22H,7-8,11-13H2,1-3H3,(H,20,23). The molecule has 1 aliphatic rings. The van der Waals surface area contributed by atoms with E-state index in [1.165, 1.54) is 0 Å². The van der Waals surface area contributed by atoms with Crippen molar-refractivity contribution in [2.45, 2.75) is 70.7 Å². The van der Waals surface area contributed by atoms with Gasteiger partial charge in [-0.1, -0.05) is 36.8 Å². The molecule has 3 atom stereocenters. The van der Waals surface area contributed by atoms with Crippen LogP contribution in [-0.4, -0.2) is 46.7 Å². The van der Waals surface area contributed by atoms with Gasteiger partial charge in [0.25, 0.3) is 0 Å². The fourth-order valence-corrected chi connectivity index (χ4v) is 3.30. The van der Waals surface area contributed by atoms with Gasteiger partial charge in [-0.15, -0.1) is 0 Å². The number of hydrogen-bond donors (Lipinski definition) is 2. The van der Waals surface area contributed by atoms with Gasteiger partial charge in [0.1, 0.15) is 0 Å². The second-order valence-corrected chi connectivity index (χ2v) is 6.90. The molecule has 2 N–H and O–H groups in total. The number of carbonyl (C=O) groups excluding carboxylic acids is 1. The zero-order chi connectivity index (χ0) is 16.8. The van der Waals surface area contributed by atoms with Crippen molar-refractivity contribution in [1.29, 1.82) is 0 Å². The maximum atomic E-state index is 12.6.